The van der Waals surface area contributed by atoms with Crippen LogP contribution in [0.5, 0.6) is 0 Å². The van der Waals surface area contributed by atoms with E-state index < -0.39 is 0 Å². The maximum atomic E-state index is 11.7. The van der Waals surface area contributed by atoms with Gasteiger partial charge < -0.3 is 9.64 Å². The van der Waals surface area contributed by atoms with Gasteiger partial charge >= 0.3 is 6.09 Å². The van der Waals surface area contributed by atoms with E-state index >= 15 is 0 Å². The molecule has 0 saturated heterocycles. The number of carbonyl (C=O) groups is 1. The van der Waals surface area contributed by atoms with E-state index in [0.717, 1.165) is 12.8 Å². The third-order valence-electron chi connectivity index (χ3n) is 3.48. The average molecular weight is 227 g/mol. The van der Waals surface area contributed by atoms with Crippen LogP contribution in [0.2, 0.25) is 0 Å². The maximum absolute atomic E-state index is 11.7. The number of amides is 1. The highest BCUT2D eigenvalue weighted by Gasteiger charge is 2.31. The number of hydrogen-bond acceptors (Lipinski definition) is 2. The third-order valence-corrected chi connectivity index (χ3v) is 3.48. The molecule has 0 unspecified atom stereocenters. The Morgan fingerprint density at radius 1 is 1.31 bits per heavy atom. The van der Waals surface area contributed by atoms with E-state index in [0.29, 0.717) is 11.5 Å². The summed E-state index contributed by atoms with van der Waals surface area (Å²) in [4.78, 5) is 13.5. The minimum atomic E-state index is -0.181. The fraction of sp³-hybridized carbons (Fsp3) is 0.923. The fourth-order valence-corrected chi connectivity index (χ4v) is 2.21. The van der Waals surface area contributed by atoms with E-state index in [1.165, 1.54) is 12.8 Å². The molecule has 1 aliphatic rings. The van der Waals surface area contributed by atoms with Gasteiger partial charge in [-0.15, -0.1) is 0 Å². The summed E-state index contributed by atoms with van der Waals surface area (Å²) in [5, 5.41) is 0. The molecule has 0 atom stereocenters. The van der Waals surface area contributed by atoms with Crippen LogP contribution < -0.4 is 0 Å². The molecule has 0 aromatic heterocycles. The molecule has 0 bridgehead atoms. The van der Waals surface area contributed by atoms with Crippen molar-refractivity contribution < 1.29 is 9.53 Å². The third kappa shape index (κ3) is 3.69. The van der Waals surface area contributed by atoms with Crippen molar-refractivity contribution in [2.75, 3.05) is 7.05 Å². The first-order chi connectivity index (χ1) is 7.32. The summed E-state index contributed by atoms with van der Waals surface area (Å²) in [6.45, 7) is 8.37. The van der Waals surface area contributed by atoms with E-state index in [1.54, 1.807) is 4.90 Å². The fourth-order valence-electron chi connectivity index (χ4n) is 2.21. The molecule has 16 heavy (non-hydrogen) atoms. The maximum Gasteiger partial charge on any atom is 0.410 e. The van der Waals surface area contributed by atoms with Crippen LogP contribution in [0.1, 0.15) is 53.4 Å². The van der Waals surface area contributed by atoms with Crippen molar-refractivity contribution in [3.8, 4) is 0 Å². The predicted octanol–water partition coefficient (Wildman–Crippen LogP) is 3.43. The van der Waals surface area contributed by atoms with Crippen LogP contribution in [0, 0.1) is 5.41 Å². The Bertz CT molecular complexity index is 238. The molecule has 3 nitrogen and oxygen atoms in total. The zero-order chi connectivity index (χ0) is 12.3. The van der Waals surface area contributed by atoms with Crippen LogP contribution in [0.3, 0.4) is 0 Å². The van der Waals surface area contributed by atoms with Gasteiger partial charge in [0.05, 0.1) is 6.10 Å². The zero-order valence-electron chi connectivity index (χ0n) is 11.2. The van der Waals surface area contributed by atoms with Crippen LogP contribution in [-0.2, 0) is 4.74 Å². The molecule has 1 fully saturated rings. The topological polar surface area (TPSA) is 29.5 Å². The monoisotopic (exact) mass is 227 g/mol. The molecule has 0 aromatic rings. The van der Waals surface area contributed by atoms with Crippen molar-refractivity contribution in [2.24, 2.45) is 5.41 Å². The smallest absolute Gasteiger partial charge is 0.410 e. The summed E-state index contributed by atoms with van der Waals surface area (Å²) in [5.41, 5.74) is 0.444. The second-order valence-corrected chi connectivity index (χ2v) is 5.94. The first kappa shape index (κ1) is 13.3. The van der Waals surface area contributed by atoms with Crippen molar-refractivity contribution in [2.45, 2.75) is 65.5 Å². The largest absolute Gasteiger partial charge is 0.447 e. The Hall–Kier alpha value is -0.730. The Morgan fingerprint density at radius 2 is 1.81 bits per heavy atom. The van der Waals surface area contributed by atoms with Gasteiger partial charge in [-0.1, -0.05) is 13.8 Å². The van der Waals surface area contributed by atoms with Gasteiger partial charge in [0.2, 0.25) is 0 Å². The van der Waals surface area contributed by atoms with Crippen LogP contribution in [0.4, 0.5) is 4.79 Å². The summed E-state index contributed by atoms with van der Waals surface area (Å²) in [6.07, 6.45) is 4.36. The van der Waals surface area contributed by atoms with E-state index in [9.17, 15) is 4.79 Å². The molecule has 1 amide bonds. The predicted molar refractivity (Wildman–Crippen MR) is 65.4 cm³/mol. The van der Waals surface area contributed by atoms with Gasteiger partial charge in [-0.2, -0.15) is 0 Å². The van der Waals surface area contributed by atoms with E-state index in [1.807, 2.05) is 20.9 Å². The highest BCUT2D eigenvalue weighted by molar-refractivity contribution is 5.67. The van der Waals surface area contributed by atoms with Crippen molar-refractivity contribution in [3.05, 3.63) is 0 Å². The SMILES string of the molecule is CC(C)OC(=O)N(C)C1CCC(C)(C)CC1. The van der Waals surface area contributed by atoms with Gasteiger partial charge in [0.15, 0.2) is 0 Å². The Morgan fingerprint density at radius 3 is 2.25 bits per heavy atom. The Balaban J connectivity index is 2.44. The quantitative estimate of drug-likeness (QED) is 0.723. The molecule has 0 N–H and O–H groups in total. The molecule has 94 valence electrons. The summed E-state index contributed by atoms with van der Waals surface area (Å²) in [7, 11) is 1.85. The van der Waals surface area contributed by atoms with Crippen molar-refractivity contribution in [3.63, 3.8) is 0 Å². The molecule has 3 heteroatoms. The van der Waals surface area contributed by atoms with Gasteiger partial charge in [0.25, 0.3) is 0 Å². The number of carbonyl (C=O) groups excluding carboxylic acids is 1. The van der Waals surface area contributed by atoms with Crippen molar-refractivity contribution >= 4 is 6.09 Å². The lowest BCUT2D eigenvalue weighted by atomic mass is 9.75. The van der Waals surface area contributed by atoms with Crippen molar-refractivity contribution in [1.29, 1.82) is 0 Å². The second kappa shape index (κ2) is 5.07. The summed E-state index contributed by atoms with van der Waals surface area (Å²) >= 11 is 0. The van der Waals surface area contributed by atoms with Gasteiger partial charge in [-0.3, -0.25) is 0 Å². The molecule has 0 spiro atoms. The summed E-state index contributed by atoms with van der Waals surface area (Å²) in [6, 6.07) is 0.360. The lowest BCUT2D eigenvalue weighted by Gasteiger charge is -2.38. The molecule has 0 aliphatic heterocycles. The highest BCUT2D eigenvalue weighted by atomic mass is 16.6. The number of nitrogens with zero attached hydrogens (tertiary/aromatic N) is 1. The lowest BCUT2D eigenvalue weighted by Crippen LogP contribution is -2.41. The van der Waals surface area contributed by atoms with E-state index in [2.05, 4.69) is 13.8 Å². The highest BCUT2D eigenvalue weighted by Crippen LogP contribution is 2.36. The molecule has 0 heterocycles. The first-order valence-electron chi connectivity index (χ1n) is 6.25. The van der Waals surface area contributed by atoms with Crippen LogP contribution in [-0.4, -0.2) is 30.2 Å². The average Bonchev–Trinajstić information content (AvgIpc) is 2.15. The number of ether oxygens (including phenoxy) is 1. The van der Waals surface area contributed by atoms with Gasteiger partial charge in [-0.25, -0.2) is 4.79 Å². The summed E-state index contributed by atoms with van der Waals surface area (Å²) < 4.78 is 5.20. The second-order valence-electron chi connectivity index (χ2n) is 5.94. The van der Waals surface area contributed by atoms with Gasteiger partial charge in [0, 0.05) is 13.1 Å². The summed E-state index contributed by atoms with van der Waals surface area (Å²) in [5.74, 6) is 0. The van der Waals surface area contributed by atoms with Crippen LogP contribution >= 0.6 is 0 Å². The zero-order valence-corrected chi connectivity index (χ0v) is 11.2. The van der Waals surface area contributed by atoms with Crippen LogP contribution in [0.15, 0.2) is 0 Å². The first-order valence-corrected chi connectivity index (χ1v) is 6.25. The number of rotatable bonds is 2. The standard InChI is InChI=1S/C13H25NO2/c1-10(2)16-12(15)14(5)11-6-8-13(3,4)9-7-11/h10-11H,6-9H2,1-5H3. The molecular formula is C13H25NO2. The molecule has 0 radical (unpaired) electrons. The number of hydrogen-bond donors (Lipinski definition) is 0. The molecule has 1 saturated carbocycles. The minimum Gasteiger partial charge on any atom is -0.447 e. The van der Waals surface area contributed by atoms with Crippen LogP contribution in [0.25, 0.3) is 0 Å². The molecule has 0 aromatic carbocycles. The normalized spacial score (nSPS) is 20.9. The van der Waals surface area contributed by atoms with Gasteiger partial charge in [0.1, 0.15) is 0 Å². The molecule has 1 aliphatic carbocycles. The Labute approximate surface area is 99.1 Å². The molecule has 1 rings (SSSR count). The molecular weight excluding hydrogens is 202 g/mol. The van der Waals surface area contributed by atoms with Crippen molar-refractivity contribution in [1.82, 2.24) is 4.90 Å². The van der Waals surface area contributed by atoms with E-state index in [4.69, 9.17) is 4.74 Å². The van der Waals surface area contributed by atoms with Gasteiger partial charge in [-0.05, 0) is 44.9 Å². The van der Waals surface area contributed by atoms with E-state index in [-0.39, 0.29) is 12.2 Å². The lowest BCUT2D eigenvalue weighted by molar-refractivity contribution is 0.0570. The minimum absolute atomic E-state index is 0.0324. The Kier molecular flexibility index (Phi) is 4.22.